The highest BCUT2D eigenvalue weighted by atomic mass is 32.2. The molecule has 5 nitrogen and oxygen atoms in total. The van der Waals surface area contributed by atoms with Crippen molar-refractivity contribution in [2.75, 3.05) is 10.8 Å². The molecule has 29 heavy (non-hydrogen) atoms. The number of rotatable bonds is 7. The van der Waals surface area contributed by atoms with Gasteiger partial charge in [0.05, 0.1) is 10.6 Å². The van der Waals surface area contributed by atoms with Crippen molar-refractivity contribution < 1.29 is 13.2 Å². The second-order valence-corrected chi connectivity index (χ2v) is 11.2. The third-order valence-corrected chi connectivity index (χ3v) is 6.18. The van der Waals surface area contributed by atoms with Gasteiger partial charge in [-0.1, -0.05) is 56.7 Å². The van der Waals surface area contributed by atoms with Crippen LogP contribution >= 0.6 is 0 Å². The molecule has 2 aromatic carbocycles. The summed E-state index contributed by atoms with van der Waals surface area (Å²) in [5, 5.41) is 3.00. The van der Waals surface area contributed by atoms with Crippen molar-refractivity contribution in [1.82, 2.24) is 5.32 Å². The normalized spacial score (nSPS) is 12.5. The van der Waals surface area contributed by atoms with E-state index in [2.05, 4.69) is 26.1 Å². The Kier molecular flexibility index (Phi) is 6.78. The van der Waals surface area contributed by atoms with E-state index in [1.807, 2.05) is 26.8 Å². The Bertz CT molecular complexity index is 928. The van der Waals surface area contributed by atoms with E-state index < -0.39 is 15.6 Å². The summed E-state index contributed by atoms with van der Waals surface area (Å²) < 4.78 is 27.8. The molecule has 0 heterocycles. The Hall–Kier alpha value is -2.34. The second kappa shape index (κ2) is 8.57. The zero-order chi connectivity index (χ0) is 21.9. The molecular formula is C23H32N2O3S. The van der Waals surface area contributed by atoms with E-state index in [-0.39, 0.29) is 22.8 Å². The van der Waals surface area contributed by atoms with Crippen molar-refractivity contribution in [1.29, 1.82) is 0 Å². The van der Waals surface area contributed by atoms with Gasteiger partial charge < -0.3 is 5.32 Å². The number of carbonyl (C=O) groups excluding carboxylic acids is 1. The highest BCUT2D eigenvalue weighted by Gasteiger charge is 2.31. The van der Waals surface area contributed by atoms with Crippen molar-refractivity contribution in [3.05, 3.63) is 60.2 Å². The predicted octanol–water partition coefficient (Wildman–Crippen LogP) is 4.52. The average molecular weight is 417 g/mol. The maximum absolute atomic E-state index is 13.3. The van der Waals surface area contributed by atoms with Crippen molar-refractivity contribution in [3.8, 4) is 0 Å². The fourth-order valence-corrected chi connectivity index (χ4v) is 5.09. The molecule has 1 N–H and O–H groups in total. The molecule has 0 aromatic heterocycles. The maximum Gasteiger partial charge on any atom is 0.264 e. The largest absolute Gasteiger partial charge is 0.350 e. The molecule has 0 spiro atoms. The van der Waals surface area contributed by atoms with Crippen LogP contribution in [0.1, 0.15) is 46.6 Å². The van der Waals surface area contributed by atoms with Gasteiger partial charge in [0.15, 0.2) is 0 Å². The fraction of sp³-hybridized carbons (Fsp3) is 0.435. The summed E-state index contributed by atoms with van der Waals surface area (Å²) in [6.07, 6.45) is 0.766. The minimum atomic E-state index is -3.88. The van der Waals surface area contributed by atoms with Crippen LogP contribution in [0.5, 0.6) is 0 Å². The summed E-state index contributed by atoms with van der Waals surface area (Å²) in [7, 11) is -3.88. The van der Waals surface area contributed by atoms with Crippen molar-refractivity contribution in [3.63, 3.8) is 0 Å². The van der Waals surface area contributed by atoms with Gasteiger partial charge in [-0.2, -0.15) is 0 Å². The quantitative estimate of drug-likeness (QED) is 0.721. The number of carbonyl (C=O) groups is 1. The van der Waals surface area contributed by atoms with Gasteiger partial charge >= 0.3 is 0 Å². The van der Waals surface area contributed by atoms with E-state index in [4.69, 9.17) is 0 Å². The number of nitrogens with one attached hydrogen (secondary N) is 1. The number of nitrogens with zero attached hydrogens (tertiary/aromatic N) is 1. The summed E-state index contributed by atoms with van der Waals surface area (Å²) in [6, 6.07) is 15.4. The Morgan fingerprint density at radius 1 is 0.931 bits per heavy atom. The molecule has 2 rings (SSSR count). The van der Waals surface area contributed by atoms with E-state index in [0.29, 0.717) is 5.69 Å². The van der Waals surface area contributed by atoms with Crippen molar-refractivity contribution in [2.45, 2.75) is 58.4 Å². The predicted molar refractivity (Wildman–Crippen MR) is 118 cm³/mol. The molecule has 1 amide bonds. The molecule has 6 heteroatoms. The van der Waals surface area contributed by atoms with Crippen LogP contribution < -0.4 is 9.62 Å². The van der Waals surface area contributed by atoms with Crippen LogP contribution in [0.15, 0.2) is 59.5 Å². The van der Waals surface area contributed by atoms with E-state index in [9.17, 15) is 13.2 Å². The number of amides is 1. The highest BCUT2D eigenvalue weighted by Crippen LogP contribution is 2.27. The maximum atomic E-state index is 13.3. The smallest absolute Gasteiger partial charge is 0.264 e. The lowest BCUT2D eigenvalue weighted by atomic mass is 9.82. The van der Waals surface area contributed by atoms with Crippen LogP contribution in [-0.2, 0) is 14.8 Å². The number of aryl methyl sites for hydroxylation is 1. The van der Waals surface area contributed by atoms with Gasteiger partial charge in [-0.3, -0.25) is 9.10 Å². The molecule has 0 aliphatic heterocycles. The number of benzene rings is 2. The Morgan fingerprint density at radius 3 is 2.00 bits per heavy atom. The zero-order valence-electron chi connectivity index (χ0n) is 18.2. The third-order valence-electron chi connectivity index (χ3n) is 4.39. The standard InChI is InChI=1S/C23H32N2O3S/c1-18-12-14-20(15-13-18)29(27,28)25(19-10-8-7-9-11-19)16-21(26)24-23(5,6)17-22(2,3)4/h7-15H,16-17H2,1-6H3,(H,24,26). The van der Waals surface area contributed by atoms with Gasteiger partial charge in [-0.15, -0.1) is 0 Å². The molecule has 158 valence electrons. The van der Waals surface area contributed by atoms with E-state index in [0.717, 1.165) is 12.0 Å². The zero-order valence-corrected chi connectivity index (χ0v) is 19.0. The van der Waals surface area contributed by atoms with Gasteiger partial charge in [0.1, 0.15) is 6.54 Å². The summed E-state index contributed by atoms with van der Waals surface area (Å²) >= 11 is 0. The topological polar surface area (TPSA) is 66.5 Å². The molecule has 2 aromatic rings. The molecule has 0 atom stereocenters. The Balaban J connectivity index is 2.33. The van der Waals surface area contributed by atoms with Crippen LogP contribution in [0.3, 0.4) is 0 Å². The van der Waals surface area contributed by atoms with Gasteiger partial charge in [0.2, 0.25) is 5.91 Å². The van der Waals surface area contributed by atoms with E-state index in [1.165, 1.54) is 4.31 Å². The lowest BCUT2D eigenvalue weighted by molar-refractivity contribution is -0.121. The van der Waals surface area contributed by atoms with Crippen LogP contribution in [0.2, 0.25) is 0 Å². The van der Waals surface area contributed by atoms with Gasteiger partial charge in [-0.05, 0) is 56.9 Å². The molecule has 0 aliphatic carbocycles. The number of sulfonamides is 1. The summed E-state index contributed by atoms with van der Waals surface area (Å²) in [5.74, 6) is -0.334. The van der Waals surface area contributed by atoms with Crippen LogP contribution in [0.4, 0.5) is 5.69 Å². The number of hydrogen-bond acceptors (Lipinski definition) is 3. The van der Waals surface area contributed by atoms with E-state index >= 15 is 0 Å². The molecular weight excluding hydrogens is 384 g/mol. The average Bonchev–Trinajstić information content (AvgIpc) is 2.58. The minimum Gasteiger partial charge on any atom is -0.350 e. The van der Waals surface area contributed by atoms with Crippen LogP contribution in [0.25, 0.3) is 0 Å². The number of hydrogen-bond donors (Lipinski definition) is 1. The molecule has 0 saturated carbocycles. The lowest BCUT2D eigenvalue weighted by Gasteiger charge is -2.34. The summed E-state index contributed by atoms with van der Waals surface area (Å²) in [6.45, 7) is 11.9. The monoisotopic (exact) mass is 416 g/mol. The van der Waals surface area contributed by atoms with Gasteiger partial charge in [-0.25, -0.2) is 8.42 Å². The molecule has 0 bridgehead atoms. The fourth-order valence-electron chi connectivity index (χ4n) is 3.66. The first-order valence-electron chi connectivity index (χ1n) is 9.76. The first kappa shape index (κ1) is 22.9. The summed E-state index contributed by atoms with van der Waals surface area (Å²) in [4.78, 5) is 13.0. The third kappa shape index (κ3) is 6.60. The molecule has 0 aliphatic rings. The lowest BCUT2D eigenvalue weighted by Crippen LogP contribution is -2.50. The molecule has 0 radical (unpaired) electrons. The highest BCUT2D eigenvalue weighted by molar-refractivity contribution is 7.92. The van der Waals surface area contributed by atoms with Gasteiger partial charge in [0.25, 0.3) is 10.0 Å². The SMILES string of the molecule is Cc1ccc(S(=O)(=O)N(CC(=O)NC(C)(C)CC(C)(C)C)c2ccccc2)cc1. The first-order chi connectivity index (χ1) is 13.3. The second-order valence-electron chi connectivity index (χ2n) is 9.33. The first-order valence-corrected chi connectivity index (χ1v) is 11.2. The molecule has 0 saturated heterocycles. The van der Waals surface area contributed by atoms with Crippen molar-refractivity contribution in [2.24, 2.45) is 5.41 Å². The number of anilines is 1. The molecule has 0 unspecified atom stereocenters. The molecule has 0 fully saturated rings. The van der Waals surface area contributed by atoms with Crippen molar-refractivity contribution >= 4 is 21.6 Å². The minimum absolute atomic E-state index is 0.0316. The van der Waals surface area contributed by atoms with Gasteiger partial charge in [0, 0.05) is 5.54 Å². The van der Waals surface area contributed by atoms with Crippen LogP contribution in [0, 0.1) is 12.3 Å². The Labute approximate surface area is 175 Å². The summed E-state index contributed by atoms with van der Waals surface area (Å²) in [5.41, 5.74) is 1.00. The van der Waals surface area contributed by atoms with E-state index in [1.54, 1.807) is 48.5 Å². The van der Waals surface area contributed by atoms with Crippen LogP contribution in [-0.4, -0.2) is 26.4 Å². The number of para-hydroxylation sites is 1. The Morgan fingerprint density at radius 2 is 1.48 bits per heavy atom.